The van der Waals surface area contributed by atoms with Crippen molar-refractivity contribution in [3.63, 3.8) is 0 Å². The summed E-state index contributed by atoms with van der Waals surface area (Å²) in [6.07, 6.45) is 1.80. The van der Waals surface area contributed by atoms with E-state index in [-0.39, 0.29) is 6.04 Å². The number of rotatable bonds is 6. The molecule has 0 amide bonds. The van der Waals surface area contributed by atoms with Gasteiger partial charge in [-0.1, -0.05) is 13.0 Å². The van der Waals surface area contributed by atoms with Gasteiger partial charge in [0.2, 0.25) is 0 Å². The van der Waals surface area contributed by atoms with Gasteiger partial charge in [-0.15, -0.1) is 0 Å². The van der Waals surface area contributed by atoms with E-state index in [4.69, 9.17) is 0 Å². The van der Waals surface area contributed by atoms with Gasteiger partial charge in [-0.25, -0.2) is 8.78 Å². The fraction of sp³-hybridized carbons (Fsp3) is 0.625. The van der Waals surface area contributed by atoms with Crippen LogP contribution in [0.1, 0.15) is 18.9 Å². The Morgan fingerprint density at radius 3 is 2.86 bits per heavy atom. The summed E-state index contributed by atoms with van der Waals surface area (Å²) < 4.78 is 26.4. The van der Waals surface area contributed by atoms with Crippen LogP contribution in [0, 0.1) is 11.6 Å². The maximum atomic E-state index is 13.4. The molecule has 5 heteroatoms. The third-order valence-corrected chi connectivity index (χ3v) is 5.05. The average molecular weight is 314 g/mol. The number of hydrogen-bond donors (Lipinski definition) is 1. The summed E-state index contributed by atoms with van der Waals surface area (Å²) in [5, 5.41) is 3.58. The van der Waals surface area contributed by atoms with Crippen LogP contribution < -0.4 is 5.32 Å². The summed E-state index contributed by atoms with van der Waals surface area (Å²) in [5.41, 5.74) is 0.853. The molecule has 0 aromatic heterocycles. The molecule has 0 bridgehead atoms. The molecule has 2 nitrogen and oxygen atoms in total. The quantitative estimate of drug-likeness (QED) is 0.869. The molecule has 118 valence electrons. The number of hydrogen-bond acceptors (Lipinski definition) is 3. The van der Waals surface area contributed by atoms with Crippen LogP contribution in [-0.2, 0) is 6.42 Å². The molecule has 2 rings (SSSR count). The van der Waals surface area contributed by atoms with Gasteiger partial charge in [0.05, 0.1) is 0 Å². The summed E-state index contributed by atoms with van der Waals surface area (Å²) in [6.45, 7) is 4.17. The molecule has 1 heterocycles. The Labute approximate surface area is 130 Å². The summed E-state index contributed by atoms with van der Waals surface area (Å²) in [5.74, 6) is 0.718. The third-order valence-electron chi connectivity index (χ3n) is 4.00. The monoisotopic (exact) mass is 314 g/mol. The van der Waals surface area contributed by atoms with Gasteiger partial charge in [0.25, 0.3) is 0 Å². The first-order valence-corrected chi connectivity index (χ1v) is 8.72. The highest BCUT2D eigenvalue weighted by Crippen LogP contribution is 2.20. The van der Waals surface area contributed by atoms with Gasteiger partial charge in [-0.3, -0.25) is 0 Å². The Morgan fingerprint density at radius 2 is 2.19 bits per heavy atom. The Balaban J connectivity index is 2.09. The molecular weight excluding hydrogens is 290 g/mol. The Morgan fingerprint density at radius 1 is 1.38 bits per heavy atom. The third kappa shape index (κ3) is 4.66. The van der Waals surface area contributed by atoms with E-state index >= 15 is 0 Å². The first kappa shape index (κ1) is 16.7. The zero-order chi connectivity index (χ0) is 15.2. The molecule has 1 fully saturated rings. The molecule has 1 N–H and O–H groups in total. The molecule has 1 aromatic rings. The average Bonchev–Trinajstić information content (AvgIpc) is 2.48. The predicted octanol–water partition coefficient (Wildman–Crippen LogP) is 2.92. The van der Waals surface area contributed by atoms with Crippen LogP contribution >= 0.6 is 11.8 Å². The van der Waals surface area contributed by atoms with Crippen molar-refractivity contribution in [2.45, 2.75) is 31.8 Å². The number of thioether (sulfide) groups is 1. The van der Waals surface area contributed by atoms with Gasteiger partial charge in [-0.05, 0) is 44.1 Å². The second-order valence-corrected chi connectivity index (χ2v) is 6.79. The van der Waals surface area contributed by atoms with E-state index in [2.05, 4.69) is 24.2 Å². The van der Waals surface area contributed by atoms with E-state index in [1.807, 2.05) is 11.8 Å². The molecule has 1 saturated heterocycles. The minimum absolute atomic E-state index is 0.271. The van der Waals surface area contributed by atoms with E-state index in [0.717, 1.165) is 37.2 Å². The zero-order valence-electron chi connectivity index (χ0n) is 12.7. The van der Waals surface area contributed by atoms with Gasteiger partial charge < -0.3 is 10.2 Å². The summed E-state index contributed by atoms with van der Waals surface area (Å²) in [4.78, 5) is 2.38. The van der Waals surface area contributed by atoms with Crippen LogP contribution in [0.5, 0.6) is 0 Å². The van der Waals surface area contributed by atoms with Gasteiger partial charge >= 0.3 is 0 Å². The number of nitrogens with one attached hydrogen (secondary N) is 1. The minimum atomic E-state index is -0.776. The topological polar surface area (TPSA) is 15.3 Å². The number of benzene rings is 1. The van der Waals surface area contributed by atoms with E-state index in [1.54, 1.807) is 6.07 Å². The zero-order valence-corrected chi connectivity index (χ0v) is 13.6. The second kappa shape index (κ2) is 8.11. The lowest BCUT2D eigenvalue weighted by Crippen LogP contribution is -2.53. The summed E-state index contributed by atoms with van der Waals surface area (Å²) >= 11 is 1.97. The SMILES string of the molecule is CCCNC(Cc1ccc(F)c(F)c1)C1CSCCN1C. The first-order valence-electron chi connectivity index (χ1n) is 7.57. The summed E-state index contributed by atoms with van der Waals surface area (Å²) in [6, 6.07) is 4.94. The fourth-order valence-electron chi connectivity index (χ4n) is 2.72. The molecule has 2 atom stereocenters. The summed E-state index contributed by atoms with van der Waals surface area (Å²) in [7, 11) is 2.15. The maximum absolute atomic E-state index is 13.4. The normalized spacial score (nSPS) is 21.4. The molecule has 0 radical (unpaired) electrons. The van der Waals surface area contributed by atoms with E-state index in [0.29, 0.717) is 6.04 Å². The minimum Gasteiger partial charge on any atom is -0.312 e. The first-order chi connectivity index (χ1) is 10.1. The molecule has 0 spiro atoms. The molecule has 1 aromatic carbocycles. The molecule has 0 saturated carbocycles. The highest BCUT2D eigenvalue weighted by Gasteiger charge is 2.27. The van der Waals surface area contributed by atoms with Crippen molar-refractivity contribution in [1.29, 1.82) is 0 Å². The lowest BCUT2D eigenvalue weighted by atomic mass is 9.98. The lowest BCUT2D eigenvalue weighted by Gasteiger charge is -2.38. The van der Waals surface area contributed by atoms with Crippen LogP contribution in [0.15, 0.2) is 18.2 Å². The van der Waals surface area contributed by atoms with Crippen LogP contribution in [0.2, 0.25) is 0 Å². The number of nitrogens with zero attached hydrogens (tertiary/aromatic N) is 1. The molecular formula is C16H24F2N2S. The maximum Gasteiger partial charge on any atom is 0.159 e. The molecule has 21 heavy (non-hydrogen) atoms. The highest BCUT2D eigenvalue weighted by atomic mass is 32.2. The van der Waals surface area contributed by atoms with Gasteiger partial charge in [0, 0.05) is 30.1 Å². The highest BCUT2D eigenvalue weighted by molar-refractivity contribution is 7.99. The second-order valence-electron chi connectivity index (χ2n) is 5.64. The van der Waals surface area contributed by atoms with E-state index in [1.165, 1.54) is 17.9 Å². The van der Waals surface area contributed by atoms with Crippen LogP contribution in [0.3, 0.4) is 0 Å². The van der Waals surface area contributed by atoms with Crippen molar-refractivity contribution in [2.24, 2.45) is 0 Å². The van der Waals surface area contributed by atoms with Gasteiger partial charge in [0.1, 0.15) is 0 Å². The van der Waals surface area contributed by atoms with E-state index < -0.39 is 11.6 Å². The fourth-order valence-corrected chi connectivity index (χ4v) is 4.04. The Kier molecular flexibility index (Phi) is 6.45. The van der Waals surface area contributed by atoms with Crippen molar-refractivity contribution >= 4 is 11.8 Å². The lowest BCUT2D eigenvalue weighted by molar-refractivity contribution is 0.213. The molecule has 2 unspecified atom stereocenters. The van der Waals surface area contributed by atoms with Crippen molar-refractivity contribution < 1.29 is 8.78 Å². The van der Waals surface area contributed by atoms with Crippen molar-refractivity contribution in [3.8, 4) is 0 Å². The molecule has 0 aliphatic carbocycles. The standard InChI is InChI=1S/C16H24F2N2S/c1-3-6-19-15(16-11-21-8-7-20(16)2)10-12-4-5-13(17)14(18)9-12/h4-5,9,15-16,19H,3,6-8,10-11H2,1-2H3. The molecule has 1 aliphatic heterocycles. The Bertz CT molecular complexity index is 456. The van der Waals surface area contributed by atoms with Crippen molar-refractivity contribution in [1.82, 2.24) is 10.2 Å². The smallest absolute Gasteiger partial charge is 0.159 e. The van der Waals surface area contributed by atoms with E-state index in [9.17, 15) is 8.78 Å². The van der Waals surface area contributed by atoms with Crippen LogP contribution in [-0.4, -0.2) is 48.6 Å². The Hall–Kier alpha value is -0.650. The van der Waals surface area contributed by atoms with Crippen LogP contribution in [0.25, 0.3) is 0 Å². The van der Waals surface area contributed by atoms with Gasteiger partial charge in [-0.2, -0.15) is 11.8 Å². The predicted molar refractivity (Wildman–Crippen MR) is 85.9 cm³/mol. The van der Waals surface area contributed by atoms with Crippen molar-refractivity contribution in [3.05, 3.63) is 35.4 Å². The van der Waals surface area contributed by atoms with Crippen molar-refractivity contribution in [2.75, 3.05) is 31.6 Å². The largest absolute Gasteiger partial charge is 0.312 e. The molecule has 1 aliphatic rings. The number of halogens is 2. The van der Waals surface area contributed by atoms with Gasteiger partial charge in [0.15, 0.2) is 11.6 Å². The van der Waals surface area contributed by atoms with Crippen LogP contribution in [0.4, 0.5) is 8.78 Å². The number of likely N-dealkylation sites (N-methyl/N-ethyl adjacent to an activating group) is 1.